The van der Waals surface area contributed by atoms with Crippen LogP contribution in [-0.2, 0) is 0 Å². The number of phenols is 1. The molecule has 1 atom stereocenters. The van der Waals surface area contributed by atoms with Crippen molar-refractivity contribution in [2.45, 2.75) is 30.3 Å². The second-order valence-corrected chi connectivity index (χ2v) is 10.1. The minimum Gasteiger partial charge on any atom is -0.508 e. The lowest BCUT2D eigenvalue weighted by molar-refractivity contribution is 0.198. The lowest BCUT2D eigenvalue weighted by atomic mass is 9.88. The molecule has 3 heterocycles. The number of aromatic hydroxyl groups is 1. The van der Waals surface area contributed by atoms with Gasteiger partial charge in [-0.15, -0.1) is 11.8 Å². The number of hydrogen-bond donors (Lipinski definition) is 1. The van der Waals surface area contributed by atoms with Crippen LogP contribution in [0, 0.1) is 11.9 Å². The van der Waals surface area contributed by atoms with E-state index in [1.165, 1.54) is 12.1 Å². The van der Waals surface area contributed by atoms with E-state index in [1.807, 2.05) is 30.3 Å². The van der Waals surface area contributed by atoms with E-state index in [9.17, 15) is 18.3 Å². The van der Waals surface area contributed by atoms with Crippen molar-refractivity contribution in [3.63, 3.8) is 0 Å². The summed E-state index contributed by atoms with van der Waals surface area (Å²) in [5.41, 5.74) is 3.58. The van der Waals surface area contributed by atoms with Gasteiger partial charge in [0.2, 0.25) is 11.9 Å². The molecular formula is C28H27F3N2O2S. The number of phenolic OH excluding ortho intramolecular Hbond substituents is 1. The Balaban J connectivity index is 1.49. The molecule has 188 valence electrons. The highest BCUT2D eigenvalue weighted by Crippen LogP contribution is 2.44. The van der Waals surface area contributed by atoms with Gasteiger partial charge in [-0.05, 0) is 84.0 Å². The van der Waals surface area contributed by atoms with Gasteiger partial charge in [0.15, 0.2) is 0 Å². The molecule has 0 unspecified atom stereocenters. The van der Waals surface area contributed by atoms with E-state index in [0.717, 1.165) is 59.0 Å². The van der Waals surface area contributed by atoms with Crippen molar-refractivity contribution in [3.05, 3.63) is 83.2 Å². The van der Waals surface area contributed by atoms with E-state index in [0.29, 0.717) is 18.6 Å². The van der Waals surface area contributed by atoms with Crippen molar-refractivity contribution >= 4 is 22.9 Å². The van der Waals surface area contributed by atoms with Gasteiger partial charge in [0, 0.05) is 35.8 Å². The monoisotopic (exact) mass is 512 g/mol. The molecule has 2 aliphatic heterocycles. The topological polar surface area (TPSA) is 45.6 Å². The smallest absolute Gasteiger partial charge is 0.223 e. The highest BCUT2D eigenvalue weighted by molar-refractivity contribution is 7.99. The Morgan fingerprint density at radius 3 is 2.64 bits per heavy atom. The van der Waals surface area contributed by atoms with Crippen LogP contribution in [0.1, 0.15) is 36.0 Å². The second kappa shape index (κ2) is 11.0. The standard InChI is InChI=1S/C28H27F3N2O2S/c29-12-1-13-33-14-10-21(17-33)35-20-5-2-18(3-6-20)27-22(23-8-9-26(30)32-28(23)31)11-15-36-25-16-19(34)4-7-24(25)27/h2-9,16,21,34H,1,10-15,17H2/t21-/m0/s1. The summed E-state index contributed by atoms with van der Waals surface area (Å²) in [5.74, 6) is -0.119. The first-order valence-corrected chi connectivity index (χ1v) is 13.1. The van der Waals surface area contributed by atoms with Crippen molar-refractivity contribution < 1.29 is 23.0 Å². The van der Waals surface area contributed by atoms with Crippen LogP contribution in [0.2, 0.25) is 0 Å². The van der Waals surface area contributed by atoms with Gasteiger partial charge in [-0.2, -0.15) is 13.8 Å². The lowest BCUT2D eigenvalue weighted by Gasteiger charge is -2.18. The zero-order valence-electron chi connectivity index (χ0n) is 19.7. The van der Waals surface area contributed by atoms with Crippen molar-refractivity contribution in [3.8, 4) is 11.5 Å². The molecule has 1 N–H and O–H groups in total. The average molecular weight is 513 g/mol. The van der Waals surface area contributed by atoms with E-state index >= 15 is 0 Å². The molecule has 2 aromatic carbocycles. The average Bonchev–Trinajstić information content (AvgIpc) is 3.22. The minimum atomic E-state index is -0.858. The van der Waals surface area contributed by atoms with E-state index < -0.39 is 11.9 Å². The third-order valence-corrected chi connectivity index (χ3v) is 7.63. The first kappa shape index (κ1) is 24.7. The third kappa shape index (κ3) is 5.39. The predicted octanol–water partition coefficient (Wildman–Crippen LogP) is 6.33. The fourth-order valence-corrected chi connectivity index (χ4v) is 5.95. The summed E-state index contributed by atoms with van der Waals surface area (Å²) < 4.78 is 47.0. The molecule has 36 heavy (non-hydrogen) atoms. The normalized spacial score (nSPS) is 18.2. The number of allylic oxidation sites excluding steroid dienone is 1. The van der Waals surface area contributed by atoms with Crippen molar-refractivity contribution in [1.82, 2.24) is 9.88 Å². The summed E-state index contributed by atoms with van der Waals surface area (Å²) in [6.45, 7) is 2.12. The van der Waals surface area contributed by atoms with Crippen LogP contribution in [0.5, 0.6) is 11.5 Å². The molecule has 0 spiro atoms. The van der Waals surface area contributed by atoms with Gasteiger partial charge < -0.3 is 9.84 Å². The van der Waals surface area contributed by atoms with Gasteiger partial charge in [0.1, 0.15) is 17.6 Å². The summed E-state index contributed by atoms with van der Waals surface area (Å²) in [6, 6.07) is 15.5. The maximum absolute atomic E-state index is 14.8. The Morgan fingerprint density at radius 2 is 1.86 bits per heavy atom. The quantitative estimate of drug-likeness (QED) is 0.375. The van der Waals surface area contributed by atoms with Gasteiger partial charge in [-0.3, -0.25) is 9.29 Å². The Kier molecular flexibility index (Phi) is 7.53. The van der Waals surface area contributed by atoms with Crippen LogP contribution in [0.3, 0.4) is 0 Å². The lowest BCUT2D eigenvalue weighted by Crippen LogP contribution is -2.26. The number of halogens is 3. The fourth-order valence-electron chi connectivity index (χ4n) is 4.90. The highest BCUT2D eigenvalue weighted by atomic mass is 32.2. The number of rotatable bonds is 7. The first-order chi connectivity index (χ1) is 17.5. The SMILES string of the molecule is Oc1ccc2c(c1)SCCC(c1ccc(F)nc1F)=C2c1ccc(O[C@H]2CCN(CCCF)C2)cc1. The summed E-state index contributed by atoms with van der Waals surface area (Å²) >= 11 is 1.59. The molecule has 4 nitrogen and oxygen atoms in total. The van der Waals surface area contributed by atoms with Crippen LogP contribution in [0.15, 0.2) is 59.5 Å². The molecular weight excluding hydrogens is 485 g/mol. The number of pyridine rings is 1. The molecule has 1 fully saturated rings. The maximum atomic E-state index is 14.8. The second-order valence-electron chi connectivity index (χ2n) is 9.00. The number of aromatic nitrogens is 1. The van der Waals surface area contributed by atoms with Gasteiger partial charge in [0.05, 0.1) is 6.67 Å². The maximum Gasteiger partial charge on any atom is 0.223 e. The van der Waals surface area contributed by atoms with Crippen LogP contribution < -0.4 is 4.74 Å². The van der Waals surface area contributed by atoms with Crippen LogP contribution in [-0.4, -0.2) is 53.2 Å². The molecule has 0 aliphatic carbocycles. The zero-order chi connectivity index (χ0) is 25.1. The Labute approximate surface area is 212 Å². The number of ether oxygens (including phenoxy) is 1. The Hall–Kier alpha value is -2.97. The van der Waals surface area contributed by atoms with Crippen molar-refractivity contribution in [1.29, 1.82) is 0 Å². The predicted molar refractivity (Wildman–Crippen MR) is 136 cm³/mol. The molecule has 0 saturated carbocycles. The third-order valence-electron chi connectivity index (χ3n) is 6.57. The van der Waals surface area contributed by atoms with Crippen molar-refractivity contribution in [2.24, 2.45) is 0 Å². The minimum absolute atomic E-state index is 0.0580. The van der Waals surface area contributed by atoms with Gasteiger partial charge in [-0.1, -0.05) is 12.1 Å². The van der Waals surface area contributed by atoms with Crippen LogP contribution in [0.4, 0.5) is 13.2 Å². The van der Waals surface area contributed by atoms with E-state index in [1.54, 1.807) is 23.9 Å². The summed E-state index contributed by atoms with van der Waals surface area (Å²) in [7, 11) is 0. The number of hydrogen-bond acceptors (Lipinski definition) is 5. The van der Waals surface area contributed by atoms with E-state index in [4.69, 9.17) is 4.74 Å². The molecule has 3 aromatic rings. The number of thioether (sulfide) groups is 1. The number of alkyl halides is 1. The summed E-state index contributed by atoms with van der Waals surface area (Å²) in [5, 5.41) is 10.1. The summed E-state index contributed by atoms with van der Waals surface area (Å²) in [4.78, 5) is 6.53. The van der Waals surface area contributed by atoms with Crippen LogP contribution in [0.25, 0.3) is 11.1 Å². The Bertz CT molecular complexity index is 1270. The fraction of sp³-hybridized carbons (Fsp3) is 0.321. The number of fused-ring (bicyclic) bond motifs is 1. The van der Waals surface area contributed by atoms with E-state index in [2.05, 4.69) is 9.88 Å². The van der Waals surface area contributed by atoms with Crippen LogP contribution >= 0.6 is 11.8 Å². The molecule has 1 aromatic heterocycles. The van der Waals surface area contributed by atoms with Crippen molar-refractivity contribution in [2.75, 3.05) is 32.1 Å². The van der Waals surface area contributed by atoms with E-state index in [-0.39, 0.29) is 24.1 Å². The zero-order valence-corrected chi connectivity index (χ0v) is 20.5. The number of likely N-dealkylation sites (tertiary alicyclic amines) is 1. The molecule has 0 bridgehead atoms. The summed E-state index contributed by atoms with van der Waals surface area (Å²) in [6.07, 6.45) is 2.05. The molecule has 0 radical (unpaired) electrons. The first-order valence-electron chi connectivity index (χ1n) is 12.1. The number of benzene rings is 2. The van der Waals surface area contributed by atoms with Gasteiger partial charge in [0.25, 0.3) is 0 Å². The molecule has 0 amide bonds. The number of nitrogens with zero attached hydrogens (tertiary/aromatic N) is 2. The largest absolute Gasteiger partial charge is 0.508 e. The highest BCUT2D eigenvalue weighted by Gasteiger charge is 2.25. The Morgan fingerprint density at radius 1 is 1.06 bits per heavy atom. The van der Waals surface area contributed by atoms with Gasteiger partial charge >= 0.3 is 0 Å². The molecule has 1 saturated heterocycles. The molecule has 2 aliphatic rings. The molecule has 8 heteroatoms. The van der Waals surface area contributed by atoms with Gasteiger partial charge in [-0.25, -0.2) is 0 Å². The molecule has 5 rings (SSSR count).